The number of sulfonamides is 1. The minimum Gasteiger partial charge on any atom is -0.279 e. The predicted molar refractivity (Wildman–Crippen MR) is 73.6 cm³/mol. The lowest BCUT2D eigenvalue weighted by atomic mass is 10.2. The van der Waals surface area contributed by atoms with Crippen molar-refractivity contribution >= 4 is 27.3 Å². The Morgan fingerprint density at radius 1 is 1.00 bits per heavy atom. The molecule has 0 amide bonds. The molecular formula is C13H7ClF5NO2S. The highest BCUT2D eigenvalue weighted by molar-refractivity contribution is 7.92. The number of halogens is 6. The van der Waals surface area contributed by atoms with E-state index < -0.39 is 49.0 Å². The van der Waals surface area contributed by atoms with Gasteiger partial charge in [-0.2, -0.15) is 13.2 Å². The van der Waals surface area contributed by atoms with E-state index in [9.17, 15) is 30.4 Å². The highest BCUT2D eigenvalue weighted by Crippen LogP contribution is 2.36. The van der Waals surface area contributed by atoms with E-state index in [0.717, 1.165) is 18.2 Å². The lowest BCUT2D eigenvalue weighted by molar-refractivity contribution is -0.137. The third-order valence-electron chi connectivity index (χ3n) is 2.73. The van der Waals surface area contributed by atoms with Gasteiger partial charge in [0.15, 0.2) is 0 Å². The summed E-state index contributed by atoms with van der Waals surface area (Å²) in [4.78, 5) is -0.540. The molecule has 0 aliphatic carbocycles. The van der Waals surface area contributed by atoms with Gasteiger partial charge in [0.25, 0.3) is 10.0 Å². The van der Waals surface area contributed by atoms with Gasteiger partial charge in [-0.25, -0.2) is 17.2 Å². The zero-order chi connectivity index (χ0) is 17.4. The van der Waals surface area contributed by atoms with Crippen LogP contribution in [0.4, 0.5) is 27.6 Å². The van der Waals surface area contributed by atoms with Gasteiger partial charge in [-0.05, 0) is 36.4 Å². The van der Waals surface area contributed by atoms with E-state index >= 15 is 0 Å². The zero-order valence-electron chi connectivity index (χ0n) is 11.0. The molecule has 2 rings (SSSR count). The smallest absolute Gasteiger partial charge is 0.279 e. The molecule has 0 heterocycles. The van der Waals surface area contributed by atoms with Gasteiger partial charge in [-0.1, -0.05) is 11.6 Å². The zero-order valence-corrected chi connectivity index (χ0v) is 12.5. The molecule has 0 bridgehead atoms. The number of hydrogen-bond acceptors (Lipinski definition) is 2. The van der Waals surface area contributed by atoms with Crippen LogP contribution in [0, 0.1) is 11.6 Å². The third kappa shape index (κ3) is 3.91. The number of rotatable bonds is 3. The summed E-state index contributed by atoms with van der Waals surface area (Å²) in [5.74, 6) is -2.06. The van der Waals surface area contributed by atoms with Crippen LogP contribution in [0.1, 0.15) is 5.56 Å². The Morgan fingerprint density at radius 2 is 1.65 bits per heavy atom. The first-order chi connectivity index (χ1) is 10.5. The fraction of sp³-hybridized carbons (Fsp3) is 0.0769. The molecule has 0 saturated heterocycles. The quantitative estimate of drug-likeness (QED) is 0.811. The molecule has 23 heavy (non-hydrogen) atoms. The molecule has 0 unspecified atom stereocenters. The van der Waals surface area contributed by atoms with Gasteiger partial charge in [0.05, 0.1) is 21.2 Å². The fourth-order valence-corrected chi connectivity index (χ4v) is 3.04. The molecule has 2 aromatic rings. The Morgan fingerprint density at radius 3 is 2.22 bits per heavy atom. The second kappa shape index (κ2) is 5.97. The monoisotopic (exact) mass is 371 g/mol. The second-order valence-electron chi connectivity index (χ2n) is 4.37. The average Bonchev–Trinajstić information content (AvgIpc) is 2.42. The van der Waals surface area contributed by atoms with Crippen LogP contribution in [0.25, 0.3) is 0 Å². The molecule has 0 aromatic heterocycles. The number of alkyl halides is 3. The van der Waals surface area contributed by atoms with Crippen LogP contribution >= 0.6 is 11.6 Å². The fourth-order valence-electron chi connectivity index (χ4n) is 1.69. The average molecular weight is 372 g/mol. The lowest BCUT2D eigenvalue weighted by Gasteiger charge is -2.15. The Labute approximate surface area is 132 Å². The molecule has 1 N–H and O–H groups in total. The van der Waals surface area contributed by atoms with Gasteiger partial charge in [0, 0.05) is 0 Å². The van der Waals surface area contributed by atoms with Gasteiger partial charge in [0.1, 0.15) is 11.6 Å². The van der Waals surface area contributed by atoms with Crippen LogP contribution in [0.15, 0.2) is 41.3 Å². The van der Waals surface area contributed by atoms with Gasteiger partial charge >= 0.3 is 6.18 Å². The van der Waals surface area contributed by atoms with E-state index in [4.69, 9.17) is 11.6 Å². The standard InChI is InChI=1S/C13H7ClF5NO2S/c14-10-6-8(2-3-11(10)16)23(21,22)20-12-4-1-7(15)5-9(12)13(17,18)19/h1-6,20H. The molecule has 0 radical (unpaired) electrons. The van der Waals surface area contributed by atoms with Crippen molar-refractivity contribution in [1.82, 2.24) is 0 Å². The summed E-state index contributed by atoms with van der Waals surface area (Å²) in [5, 5.41) is -0.511. The van der Waals surface area contributed by atoms with Gasteiger partial charge in [0.2, 0.25) is 0 Å². The van der Waals surface area contributed by atoms with Crippen LogP contribution in [0.2, 0.25) is 5.02 Å². The largest absolute Gasteiger partial charge is 0.418 e. The Hall–Kier alpha value is -1.87. The highest BCUT2D eigenvalue weighted by Gasteiger charge is 2.35. The van der Waals surface area contributed by atoms with Crippen LogP contribution < -0.4 is 4.72 Å². The van der Waals surface area contributed by atoms with Crippen LogP contribution in [0.3, 0.4) is 0 Å². The summed E-state index contributed by atoms with van der Waals surface area (Å²) in [6, 6.07) is 3.81. The minimum absolute atomic E-state index is 0.162. The first-order valence-electron chi connectivity index (χ1n) is 5.85. The van der Waals surface area contributed by atoms with Crippen molar-refractivity contribution in [3.05, 3.63) is 58.6 Å². The van der Waals surface area contributed by atoms with Crippen LogP contribution in [0.5, 0.6) is 0 Å². The molecular weight excluding hydrogens is 365 g/mol. The van der Waals surface area contributed by atoms with E-state index in [0.29, 0.717) is 12.1 Å². The SMILES string of the molecule is O=S(=O)(Nc1ccc(F)cc1C(F)(F)F)c1ccc(F)c(Cl)c1. The molecule has 0 aliphatic heterocycles. The molecule has 0 saturated carbocycles. The Balaban J connectivity index is 2.47. The van der Waals surface area contributed by atoms with Crippen molar-refractivity contribution in [2.24, 2.45) is 0 Å². The van der Waals surface area contributed by atoms with Gasteiger partial charge in [-0.3, -0.25) is 4.72 Å². The summed E-state index contributed by atoms with van der Waals surface area (Å²) in [7, 11) is -4.47. The highest BCUT2D eigenvalue weighted by atomic mass is 35.5. The number of anilines is 1. The van der Waals surface area contributed by atoms with Crippen molar-refractivity contribution in [2.75, 3.05) is 4.72 Å². The van der Waals surface area contributed by atoms with Gasteiger partial charge in [-0.15, -0.1) is 0 Å². The van der Waals surface area contributed by atoms with E-state index in [2.05, 4.69) is 0 Å². The number of nitrogens with one attached hydrogen (secondary N) is 1. The third-order valence-corrected chi connectivity index (χ3v) is 4.39. The maximum absolute atomic E-state index is 13.0. The summed E-state index contributed by atoms with van der Waals surface area (Å²) < 4.78 is 90.4. The molecule has 0 fully saturated rings. The Kier molecular flexibility index (Phi) is 4.54. The van der Waals surface area contributed by atoms with E-state index in [1.165, 1.54) is 0 Å². The summed E-state index contributed by atoms with van der Waals surface area (Å²) in [6.45, 7) is 0. The van der Waals surface area contributed by atoms with Crippen molar-refractivity contribution in [3.63, 3.8) is 0 Å². The molecule has 0 spiro atoms. The predicted octanol–water partition coefficient (Wildman–Crippen LogP) is 4.44. The lowest BCUT2D eigenvalue weighted by Crippen LogP contribution is -2.17. The summed E-state index contributed by atoms with van der Waals surface area (Å²) in [6.07, 6.45) is -4.97. The van der Waals surface area contributed by atoms with Crippen molar-refractivity contribution < 1.29 is 30.4 Å². The van der Waals surface area contributed by atoms with E-state index in [1.54, 1.807) is 4.72 Å². The van der Waals surface area contributed by atoms with Crippen molar-refractivity contribution in [3.8, 4) is 0 Å². The summed E-state index contributed by atoms with van der Waals surface area (Å²) >= 11 is 5.45. The maximum atomic E-state index is 13.0. The molecule has 0 aliphatic rings. The van der Waals surface area contributed by atoms with Crippen LogP contribution in [-0.2, 0) is 16.2 Å². The number of benzene rings is 2. The van der Waals surface area contributed by atoms with E-state index in [1.807, 2.05) is 0 Å². The maximum Gasteiger partial charge on any atom is 0.418 e. The van der Waals surface area contributed by atoms with Crippen LogP contribution in [-0.4, -0.2) is 8.42 Å². The molecule has 124 valence electrons. The van der Waals surface area contributed by atoms with Gasteiger partial charge < -0.3 is 0 Å². The number of hydrogen-bond donors (Lipinski definition) is 1. The van der Waals surface area contributed by atoms with E-state index in [-0.39, 0.29) is 6.07 Å². The molecule has 2 aromatic carbocycles. The van der Waals surface area contributed by atoms with Crippen molar-refractivity contribution in [1.29, 1.82) is 0 Å². The second-order valence-corrected chi connectivity index (χ2v) is 6.46. The normalized spacial score (nSPS) is 12.3. The first-order valence-corrected chi connectivity index (χ1v) is 7.71. The Bertz CT molecular complexity index is 852. The minimum atomic E-state index is -4.97. The summed E-state index contributed by atoms with van der Waals surface area (Å²) in [5.41, 5.74) is -2.35. The first kappa shape index (κ1) is 17.5. The molecule has 3 nitrogen and oxygen atoms in total. The van der Waals surface area contributed by atoms with Crippen molar-refractivity contribution in [2.45, 2.75) is 11.1 Å². The topological polar surface area (TPSA) is 46.2 Å². The molecule has 0 atom stereocenters. The molecule has 10 heteroatoms.